The third-order valence-electron chi connectivity index (χ3n) is 5.93. The van der Waals surface area contributed by atoms with Crippen LogP contribution in [0.5, 0.6) is 11.5 Å². The molecule has 0 fully saturated rings. The zero-order valence-electron chi connectivity index (χ0n) is 19.2. The number of methoxy groups -OCH3 is 1. The van der Waals surface area contributed by atoms with Gasteiger partial charge in [0, 0.05) is 24.1 Å². The Hall–Kier alpha value is -4.06. The molecule has 174 valence electrons. The monoisotopic (exact) mass is 457 g/mol. The summed E-state index contributed by atoms with van der Waals surface area (Å²) in [6, 6.07) is 22.2. The van der Waals surface area contributed by atoms with Crippen molar-refractivity contribution in [3.8, 4) is 11.5 Å². The molecule has 0 aliphatic heterocycles. The van der Waals surface area contributed by atoms with E-state index in [1.165, 1.54) is 7.11 Å². The number of ether oxygens (including phenoxy) is 1. The van der Waals surface area contributed by atoms with E-state index in [9.17, 15) is 14.7 Å². The summed E-state index contributed by atoms with van der Waals surface area (Å²) < 4.78 is 10.7. The summed E-state index contributed by atoms with van der Waals surface area (Å²) in [5.41, 5.74) is 2.42. The van der Waals surface area contributed by atoms with Gasteiger partial charge in [0.25, 0.3) is 0 Å². The van der Waals surface area contributed by atoms with E-state index in [0.717, 1.165) is 11.1 Å². The fourth-order valence-corrected chi connectivity index (χ4v) is 4.18. The van der Waals surface area contributed by atoms with E-state index in [-0.39, 0.29) is 22.8 Å². The van der Waals surface area contributed by atoms with Crippen LogP contribution >= 0.6 is 0 Å². The Labute approximate surface area is 197 Å². The first-order valence-corrected chi connectivity index (χ1v) is 11.3. The van der Waals surface area contributed by atoms with E-state index in [2.05, 4.69) is 5.32 Å². The second kappa shape index (κ2) is 10.3. The first kappa shape index (κ1) is 23.1. The molecular weight excluding hydrogens is 430 g/mol. The molecule has 1 amide bonds. The van der Waals surface area contributed by atoms with Gasteiger partial charge in [-0.15, -0.1) is 0 Å². The molecule has 0 saturated heterocycles. The number of carbonyl (C=O) groups excluding carboxylic acids is 1. The highest BCUT2D eigenvalue weighted by atomic mass is 16.5. The number of rotatable bonds is 8. The second-order valence-corrected chi connectivity index (χ2v) is 8.13. The fourth-order valence-electron chi connectivity index (χ4n) is 4.18. The molecule has 1 unspecified atom stereocenters. The molecule has 0 spiro atoms. The minimum Gasteiger partial charge on any atom is -0.507 e. The molecule has 1 atom stereocenters. The third kappa shape index (κ3) is 4.96. The van der Waals surface area contributed by atoms with Crippen LogP contribution in [0.4, 0.5) is 5.69 Å². The first-order chi connectivity index (χ1) is 16.5. The molecule has 3 aromatic carbocycles. The van der Waals surface area contributed by atoms with Crippen LogP contribution < -0.4 is 15.7 Å². The lowest BCUT2D eigenvalue weighted by Crippen LogP contribution is -2.15. The smallest absolute Gasteiger partial charge is 0.343 e. The Morgan fingerprint density at radius 1 is 1.06 bits per heavy atom. The fraction of sp³-hybridized carbons (Fsp3) is 0.214. The van der Waals surface area contributed by atoms with Gasteiger partial charge in [-0.3, -0.25) is 4.79 Å². The second-order valence-electron chi connectivity index (χ2n) is 8.13. The molecule has 0 radical (unpaired) electrons. The van der Waals surface area contributed by atoms with E-state index < -0.39 is 11.5 Å². The minimum absolute atomic E-state index is 0.0870. The van der Waals surface area contributed by atoms with Crippen molar-refractivity contribution in [3.63, 3.8) is 0 Å². The predicted octanol–water partition coefficient (Wildman–Crippen LogP) is 5.62. The molecular formula is C28H27NO5. The van der Waals surface area contributed by atoms with Crippen molar-refractivity contribution in [2.75, 3.05) is 12.4 Å². The zero-order valence-corrected chi connectivity index (χ0v) is 19.2. The highest BCUT2D eigenvalue weighted by Crippen LogP contribution is 2.37. The van der Waals surface area contributed by atoms with Gasteiger partial charge >= 0.3 is 5.63 Å². The topological polar surface area (TPSA) is 88.8 Å². The van der Waals surface area contributed by atoms with Crippen molar-refractivity contribution in [2.24, 2.45) is 0 Å². The predicted molar refractivity (Wildman–Crippen MR) is 133 cm³/mol. The van der Waals surface area contributed by atoms with E-state index in [4.69, 9.17) is 9.15 Å². The lowest BCUT2D eigenvalue weighted by atomic mass is 9.88. The first-order valence-electron chi connectivity index (χ1n) is 11.3. The summed E-state index contributed by atoms with van der Waals surface area (Å²) in [6.45, 7) is 1.94. The molecule has 0 aliphatic rings. The Balaban J connectivity index is 1.59. The highest BCUT2D eigenvalue weighted by molar-refractivity contribution is 5.91. The summed E-state index contributed by atoms with van der Waals surface area (Å²) in [7, 11) is 1.52. The number of hydrogen-bond donors (Lipinski definition) is 2. The maximum atomic E-state index is 12.9. The van der Waals surface area contributed by atoms with Crippen LogP contribution in [0.15, 0.2) is 82.0 Å². The van der Waals surface area contributed by atoms with E-state index >= 15 is 0 Å². The average Bonchev–Trinajstić information content (AvgIpc) is 2.85. The number of nitrogens with one attached hydrogen (secondary N) is 1. The molecule has 0 bridgehead atoms. The standard InChI is InChI=1S/C28H27NO5/c1-3-22(26-27(31)23-14-13-21(33-2)17-24(23)34-28(26)32)19-10-7-11-20(16-19)29-25(30)15-12-18-8-5-4-6-9-18/h4-11,13-14,16-17,22,31H,3,12,15H2,1-2H3,(H,29,30). The number of aromatic hydroxyl groups is 1. The van der Waals surface area contributed by atoms with E-state index in [1.54, 1.807) is 18.2 Å². The van der Waals surface area contributed by atoms with Gasteiger partial charge in [0.2, 0.25) is 5.91 Å². The molecule has 6 heteroatoms. The van der Waals surface area contributed by atoms with Crippen LogP contribution in [0.1, 0.15) is 42.4 Å². The molecule has 1 aromatic heterocycles. The lowest BCUT2D eigenvalue weighted by Gasteiger charge is -2.18. The number of carbonyl (C=O) groups is 1. The highest BCUT2D eigenvalue weighted by Gasteiger charge is 2.24. The summed E-state index contributed by atoms with van der Waals surface area (Å²) in [5.74, 6) is -0.0522. The number of benzene rings is 3. The Morgan fingerprint density at radius 3 is 2.59 bits per heavy atom. The minimum atomic E-state index is -0.595. The van der Waals surface area contributed by atoms with Gasteiger partial charge in [0.15, 0.2) is 0 Å². The van der Waals surface area contributed by atoms with Crippen molar-refractivity contribution in [3.05, 3.63) is 99.9 Å². The molecule has 0 saturated carbocycles. The summed E-state index contributed by atoms with van der Waals surface area (Å²) in [6.07, 6.45) is 1.58. The van der Waals surface area contributed by atoms with Crippen LogP contribution in [0.2, 0.25) is 0 Å². The van der Waals surface area contributed by atoms with Crippen LogP contribution in [-0.2, 0) is 11.2 Å². The molecule has 0 aliphatic carbocycles. The number of amides is 1. The summed E-state index contributed by atoms with van der Waals surface area (Å²) in [4.78, 5) is 25.4. The maximum absolute atomic E-state index is 12.9. The maximum Gasteiger partial charge on any atom is 0.343 e. The van der Waals surface area contributed by atoms with Gasteiger partial charge < -0.3 is 19.6 Å². The van der Waals surface area contributed by atoms with Crippen molar-refractivity contribution in [2.45, 2.75) is 32.1 Å². The number of hydrogen-bond acceptors (Lipinski definition) is 5. The average molecular weight is 458 g/mol. The van der Waals surface area contributed by atoms with Crippen molar-refractivity contribution >= 4 is 22.6 Å². The zero-order chi connectivity index (χ0) is 24.1. The Kier molecular flexibility index (Phi) is 6.97. The molecule has 34 heavy (non-hydrogen) atoms. The van der Waals surface area contributed by atoms with E-state index in [1.807, 2.05) is 61.5 Å². The van der Waals surface area contributed by atoms with Gasteiger partial charge in [0.05, 0.1) is 18.1 Å². The van der Waals surface area contributed by atoms with Crippen LogP contribution in [0.3, 0.4) is 0 Å². The van der Waals surface area contributed by atoms with Crippen molar-refractivity contribution in [1.82, 2.24) is 0 Å². The lowest BCUT2D eigenvalue weighted by molar-refractivity contribution is -0.116. The van der Waals surface area contributed by atoms with Crippen molar-refractivity contribution < 1.29 is 19.1 Å². The Bertz CT molecular complexity index is 1360. The van der Waals surface area contributed by atoms with Crippen LogP contribution in [0.25, 0.3) is 11.0 Å². The normalized spacial score (nSPS) is 11.8. The number of fused-ring (bicyclic) bond motifs is 1. The van der Waals surface area contributed by atoms with Crippen molar-refractivity contribution in [1.29, 1.82) is 0 Å². The summed E-state index contributed by atoms with van der Waals surface area (Å²) in [5, 5.41) is 14.4. The van der Waals surface area contributed by atoms with Crippen LogP contribution in [-0.4, -0.2) is 18.1 Å². The van der Waals surface area contributed by atoms with Gasteiger partial charge in [-0.25, -0.2) is 4.79 Å². The largest absolute Gasteiger partial charge is 0.507 e. The summed E-state index contributed by atoms with van der Waals surface area (Å²) >= 11 is 0. The van der Waals surface area contributed by atoms with Gasteiger partial charge in [-0.2, -0.15) is 0 Å². The SMILES string of the molecule is CCC(c1cccc(NC(=O)CCc2ccccc2)c1)c1c(O)c2ccc(OC)cc2oc1=O. The van der Waals surface area contributed by atoms with E-state index in [0.29, 0.717) is 36.1 Å². The number of aryl methyl sites for hydroxylation is 1. The quantitative estimate of drug-likeness (QED) is 0.335. The number of anilines is 1. The van der Waals surface area contributed by atoms with Gasteiger partial charge in [-0.05, 0) is 48.2 Å². The van der Waals surface area contributed by atoms with Gasteiger partial charge in [0.1, 0.15) is 17.1 Å². The molecule has 2 N–H and O–H groups in total. The molecule has 6 nitrogen and oxygen atoms in total. The van der Waals surface area contributed by atoms with Gasteiger partial charge in [-0.1, -0.05) is 49.4 Å². The molecule has 4 rings (SSSR count). The molecule has 4 aromatic rings. The molecule has 1 heterocycles. The third-order valence-corrected chi connectivity index (χ3v) is 5.93. The Morgan fingerprint density at radius 2 is 1.85 bits per heavy atom. The van der Waals surface area contributed by atoms with Crippen LogP contribution in [0, 0.1) is 0 Å².